The maximum absolute atomic E-state index is 11.7. The lowest BCUT2D eigenvalue weighted by atomic mass is 10.0. The monoisotopic (exact) mass is 246 g/mol. The first kappa shape index (κ1) is 15.7. The van der Waals surface area contributed by atoms with Gasteiger partial charge in [-0.05, 0) is 12.8 Å². The number of aliphatic hydroxyl groups is 1. The summed E-state index contributed by atoms with van der Waals surface area (Å²) in [5, 5.41) is 20.5. The van der Waals surface area contributed by atoms with E-state index in [4.69, 9.17) is 10.2 Å². The minimum atomic E-state index is -0.942. The van der Waals surface area contributed by atoms with Crippen molar-refractivity contribution < 1.29 is 19.8 Å². The van der Waals surface area contributed by atoms with Gasteiger partial charge in [0.1, 0.15) is 0 Å². The maximum Gasteiger partial charge on any atom is 0.317 e. The number of amides is 2. The van der Waals surface area contributed by atoms with Crippen molar-refractivity contribution in [1.82, 2.24) is 10.2 Å². The van der Waals surface area contributed by atoms with Gasteiger partial charge in [-0.3, -0.25) is 4.79 Å². The van der Waals surface area contributed by atoms with Crippen LogP contribution in [0, 0.1) is 5.92 Å². The molecule has 100 valence electrons. The molecule has 0 heterocycles. The number of aliphatic carboxylic acids is 1. The minimum absolute atomic E-state index is 0.0370. The summed E-state index contributed by atoms with van der Waals surface area (Å²) in [6.45, 7) is 5.50. The number of hydrogen-bond donors (Lipinski definition) is 3. The summed E-state index contributed by atoms with van der Waals surface area (Å²) >= 11 is 0. The molecule has 0 rings (SSSR count). The van der Waals surface area contributed by atoms with Gasteiger partial charge in [0.15, 0.2) is 0 Å². The molecule has 17 heavy (non-hydrogen) atoms. The highest BCUT2D eigenvalue weighted by Gasteiger charge is 2.21. The Labute approximate surface area is 102 Å². The zero-order chi connectivity index (χ0) is 13.6. The third kappa shape index (κ3) is 6.78. The molecule has 2 amide bonds. The van der Waals surface area contributed by atoms with Crippen LogP contribution in [0.15, 0.2) is 0 Å². The topological polar surface area (TPSA) is 89.9 Å². The van der Waals surface area contributed by atoms with E-state index >= 15 is 0 Å². The van der Waals surface area contributed by atoms with E-state index in [9.17, 15) is 9.59 Å². The van der Waals surface area contributed by atoms with E-state index < -0.39 is 18.1 Å². The van der Waals surface area contributed by atoms with Crippen molar-refractivity contribution in [3.05, 3.63) is 0 Å². The molecule has 0 spiro atoms. The fraction of sp³-hybridized carbons (Fsp3) is 0.818. The second-order valence-corrected chi connectivity index (χ2v) is 4.63. The van der Waals surface area contributed by atoms with Crippen LogP contribution in [0.3, 0.4) is 0 Å². The van der Waals surface area contributed by atoms with Gasteiger partial charge in [-0.1, -0.05) is 13.8 Å². The van der Waals surface area contributed by atoms with Crippen LogP contribution in [0.2, 0.25) is 0 Å². The highest BCUT2D eigenvalue weighted by molar-refractivity contribution is 5.75. The molecule has 6 nitrogen and oxygen atoms in total. The molecule has 0 aliphatic heterocycles. The number of aliphatic hydroxyl groups excluding tert-OH is 1. The van der Waals surface area contributed by atoms with Gasteiger partial charge in [-0.2, -0.15) is 0 Å². The Hall–Kier alpha value is -1.30. The molecule has 6 heteroatoms. The van der Waals surface area contributed by atoms with Crippen LogP contribution in [-0.4, -0.2) is 52.9 Å². The van der Waals surface area contributed by atoms with Gasteiger partial charge in [0.25, 0.3) is 0 Å². The predicted molar refractivity (Wildman–Crippen MR) is 63.7 cm³/mol. The number of nitrogens with zero attached hydrogens (tertiary/aromatic N) is 1. The van der Waals surface area contributed by atoms with Crippen LogP contribution in [0.4, 0.5) is 4.79 Å². The number of urea groups is 1. The summed E-state index contributed by atoms with van der Waals surface area (Å²) in [6.07, 6.45) is -0.714. The number of carbonyl (C=O) groups is 2. The van der Waals surface area contributed by atoms with E-state index in [0.717, 1.165) is 0 Å². The lowest BCUT2D eigenvalue weighted by Gasteiger charge is -2.25. The first-order valence-electron chi connectivity index (χ1n) is 5.65. The van der Waals surface area contributed by atoms with Crippen molar-refractivity contribution in [3.8, 4) is 0 Å². The Balaban J connectivity index is 4.34. The molecular formula is C11H22N2O4. The second-order valence-electron chi connectivity index (χ2n) is 4.63. The molecule has 0 bridgehead atoms. The van der Waals surface area contributed by atoms with E-state index in [1.165, 1.54) is 4.90 Å². The molecule has 0 aromatic carbocycles. The van der Waals surface area contributed by atoms with Gasteiger partial charge in [0.2, 0.25) is 0 Å². The molecule has 0 aromatic heterocycles. The van der Waals surface area contributed by atoms with Gasteiger partial charge >= 0.3 is 12.0 Å². The van der Waals surface area contributed by atoms with E-state index in [0.29, 0.717) is 0 Å². The van der Waals surface area contributed by atoms with Gasteiger partial charge in [0, 0.05) is 19.6 Å². The van der Waals surface area contributed by atoms with Crippen molar-refractivity contribution >= 4 is 12.0 Å². The normalized spacial score (nSPS) is 14.2. The summed E-state index contributed by atoms with van der Waals surface area (Å²) in [5.41, 5.74) is 0. The maximum atomic E-state index is 11.7. The highest BCUT2D eigenvalue weighted by atomic mass is 16.4. The van der Waals surface area contributed by atoms with E-state index in [1.54, 1.807) is 14.0 Å². The van der Waals surface area contributed by atoms with E-state index in [-0.39, 0.29) is 24.9 Å². The quantitative estimate of drug-likeness (QED) is 0.637. The van der Waals surface area contributed by atoms with Crippen molar-refractivity contribution in [2.45, 2.75) is 39.3 Å². The minimum Gasteiger partial charge on any atom is -0.481 e. The molecule has 0 saturated carbocycles. The van der Waals surface area contributed by atoms with Crippen molar-refractivity contribution in [2.75, 3.05) is 13.6 Å². The van der Waals surface area contributed by atoms with Crippen molar-refractivity contribution in [3.63, 3.8) is 0 Å². The standard InChI is InChI=1S/C11H22N2O4/c1-7(2)9(5-10(15)16)12-11(17)13(4)6-8(3)14/h7-9,14H,5-6H2,1-4H3,(H,12,17)(H,15,16). The Morgan fingerprint density at radius 1 is 1.29 bits per heavy atom. The summed E-state index contributed by atoms with van der Waals surface area (Å²) in [6, 6.07) is -0.776. The van der Waals surface area contributed by atoms with Gasteiger partial charge in [-0.15, -0.1) is 0 Å². The Bertz CT molecular complexity index is 266. The third-order valence-corrected chi connectivity index (χ3v) is 2.39. The fourth-order valence-electron chi connectivity index (χ4n) is 1.39. The predicted octanol–water partition coefficient (Wildman–Crippen LogP) is 0.508. The van der Waals surface area contributed by atoms with Crippen LogP contribution in [0.25, 0.3) is 0 Å². The van der Waals surface area contributed by atoms with E-state index in [1.807, 2.05) is 13.8 Å². The number of likely N-dealkylation sites (N-methyl/N-ethyl adjacent to an activating group) is 1. The zero-order valence-electron chi connectivity index (χ0n) is 10.8. The Kier molecular flexibility index (Phi) is 6.57. The van der Waals surface area contributed by atoms with Crippen LogP contribution < -0.4 is 5.32 Å². The molecule has 0 aliphatic rings. The second kappa shape index (κ2) is 7.11. The molecule has 0 aromatic rings. The van der Waals surface area contributed by atoms with Crippen LogP contribution in [0.5, 0.6) is 0 Å². The molecule has 2 unspecified atom stereocenters. The number of carboxylic acids is 1. The Morgan fingerprint density at radius 2 is 1.82 bits per heavy atom. The molecule has 0 saturated heterocycles. The Morgan fingerprint density at radius 3 is 2.18 bits per heavy atom. The average Bonchev–Trinajstić information content (AvgIpc) is 2.14. The van der Waals surface area contributed by atoms with Gasteiger partial charge in [0.05, 0.1) is 12.5 Å². The molecular weight excluding hydrogens is 224 g/mol. The zero-order valence-corrected chi connectivity index (χ0v) is 10.8. The smallest absolute Gasteiger partial charge is 0.317 e. The summed E-state index contributed by atoms with van der Waals surface area (Å²) in [5.74, 6) is -0.905. The molecule has 0 aliphatic carbocycles. The number of hydrogen-bond acceptors (Lipinski definition) is 3. The van der Waals surface area contributed by atoms with Crippen molar-refractivity contribution in [2.24, 2.45) is 5.92 Å². The largest absolute Gasteiger partial charge is 0.481 e. The van der Waals surface area contributed by atoms with Gasteiger partial charge in [-0.25, -0.2) is 4.79 Å². The summed E-state index contributed by atoms with van der Waals surface area (Å²) in [4.78, 5) is 23.7. The summed E-state index contributed by atoms with van der Waals surface area (Å²) < 4.78 is 0. The molecule has 2 atom stereocenters. The SMILES string of the molecule is CC(O)CN(C)C(=O)NC(CC(=O)O)C(C)C. The lowest BCUT2D eigenvalue weighted by molar-refractivity contribution is -0.137. The molecule has 0 fully saturated rings. The van der Waals surface area contributed by atoms with Crippen LogP contribution >= 0.6 is 0 Å². The third-order valence-electron chi connectivity index (χ3n) is 2.39. The van der Waals surface area contributed by atoms with Gasteiger partial charge < -0.3 is 20.4 Å². The van der Waals surface area contributed by atoms with Crippen LogP contribution in [0.1, 0.15) is 27.2 Å². The number of carboxylic acid groups (broad SMARTS) is 1. The highest BCUT2D eigenvalue weighted by Crippen LogP contribution is 2.06. The fourth-order valence-corrected chi connectivity index (χ4v) is 1.39. The number of carbonyl (C=O) groups excluding carboxylic acids is 1. The number of nitrogens with one attached hydrogen (secondary N) is 1. The average molecular weight is 246 g/mol. The number of rotatable bonds is 6. The summed E-state index contributed by atoms with van der Waals surface area (Å²) in [7, 11) is 1.56. The molecule has 0 radical (unpaired) electrons. The first-order valence-corrected chi connectivity index (χ1v) is 5.65. The molecule has 3 N–H and O–H groups in total. The first-order chi connectivity index (χ1) is 7.73. The van der Waals surface area contributed by atoms with Crippen molar-refractivity contribution in [1.29, 1.82) is 0 Å². The lowest BCUT2D eigenvalue weighted by Crippen LogP contribution is -2.47. The van der Waals surface area contributed by atoms with Crippen LogP contribution in [-0.2, 0) is 4.79 Å². The van der Waals surface area contributed by atoms with E-state index in [2.05, 4.69) is 5.32 Å².